The smallest absolute Gasteiger partial charge is 0.266 e. The molecule has 26 heavy (non-hydrogen) atoms. The van der Waals surface area contributed by atoms with Gasteiger partial charge in [-0.05, 0) is 94.1 Å². The molecule has 0 saturated carbocycles. The minimum Gasteiger partial charge on any atom is -0.492 e. The topological polar surface area (TPSA) is 62.1 Å². The van der Waals surface area contributed by atoms with Gasteiger partial charge in [0.25, 0.3) is 5.91 Å². The van der Waals surface area contributed by atoms with Gasteiger partial charge in [-0.25, -0.2) is 0 Å². The number of benzene rings is 2. The normalized spacial score (nSPS) is 11.0. The summed E-state index contributed by atoms with van der Waals surface area (Å²) in [6.07, 6.45) is 1.53. The summed E-state index contributed by atoms with van der Waals surface area (Å²) < 4.78 is 7.41. The van der Waals surface area contributed by atoms with Crippen molar-refractivity contribution in [2.75, 3.05) is 11.9 Å². The zero-order valence-corrected chi connectivity index (χ0v) is 19.3. The Labute approximate surface area is 188 Å². The lowest BCUT2D eigenvalue weighted by molar-refractivity contribution is -0.112. The van der Waals surface area contributed by atoms with Crippen LogP contribution in [-0.4, -0.2) is 12.5 Å². The van der Waals surface area contributed by atoms with Crippen molar-refractivity contribution >= 4 is 86.1 Å². The summed E-state index contributed by atoms with van der Waals surface area (Å²) >= 11 is 16.2. The number of ether oxygens (including phenoxy) is 1. The van der Waals surface area contributed by atoms with Gasteiger partial charge in [-0.2, -0.15) is 5.26 Å². The first-order valence-electron chi connectivity index (χ1n) is 7.35. The second-order valence-electron chi connectivity index (χ2n) is 5.03. The van der Waals surface area contributed by atoms with E-state index in [-0.39, 0.29) is 5.57 Å². The molecular formula is C18H12Cl2I2N2O2. The fourth-order valence-corrected chi connectivity index (χ4v) is 4.74. The third-order valence-corrected chi connectivity index (χ3v) is 5.14. The molecule has 4 nitrogen and oxygen atoms in total. The van der Waals surface area contributed by atoms with Crippen molar-refractivity contribution in [2.45, 2.75) is 6.92 Å². The van der Waals surface area contributed by atoms with Crippen molar-refractivity contribution in [2.24, 2.45) is 0 Å². The van der Waals surface area contributed by atoms with Crippen molar-refractivity contribution in [3.63, 3.8) is 0 Å². The Morgan fingerprint density at radius 2 is 1.77 bits per heavy atom. The molecule has 0 aliphatic rings. The van der Waals surface area contributed by atoms with Crippen LogP contribution in [0, 0.1) is 18.5 Å². The van der Waals surface area contributed by atoms with Crippen LogP contribution in [0.2, 0.25) is 10.0 Å². The predicted molar refractivity (Wildman–Crippen MR) is 122 cm³/mol. The van der Waals surface area contributed by atoms with Crippen molar-refractivity contribution in [1.82, 2.24) is 0 Å². The molecular weight excluding hydrogens is 601 g/mol. The summed E-state index contributed by atoms with van der Waals surface area (Å²) in [5.74, 6) is 0.257. The Bertz CT molecular complexity index is 881. The van der Waals surface area contributed by atoms with E-state index >= 15 is 0 Å². The highest BCUT2D eigenvalue weighted by Gasteiger charge is 2.13. The van der Waals surface area contributed by atoms with E-state index in [4.69, 9.17) is 27.9 Å². The molecule has 2 aromatic rings. The molecule has 0 fully saturated rings. The van der Waals surface area contributed by atoms with E-state index in [1.807, 2.05) is 25.1 Å². The minimum absolute atomic E-state index is 0.0307. The van der Waals surface area contributed by atoms with Gasteiger partial charge in [0.1, 0.15) is 17.4 Å². The van der Waals surface area contributed by atoms with Crippen LogP contribution in [0.4, 0.5) is 5.69 Å². The number of nitriles is 1. The fourth-order valence-electron chi connectivity index (χ4n) is 2.08. The highest BCUT2D eigenvalue weighted by molar-refractivity contribution is 14.1. The van der Waals surface area contributed by atoms with E-state index in [2.05, 4.69) is 50.5 Å². The van der Waals surface area contributed by atoms with E-state index in [1.165, 1.54) is 6.08 Å². The van der Waals surface area contributed by atoms with Crippen LogP contribution in [0.15, 0.2) is 35.9 Å². The molecule has 8 heteroatoms. The lowest BCUT2D eigenvalue weighted by Crippen LogP contribution is -2.13. The molecule has 0 atom stereocenters. The first kappa shape index (κ1) is 21.3. The second kappa shape index (κ2) is 9.78. The number of hydrogen-bond acceptors (Lipinski definition) is 3. The van der Waals surface area contributed by atoms with Gasteiger partial charge in [0, 0.05) is 15.7 Å². The predicted octanol–water partition coefficient (Wildman–Crippen LogP) is 6.15. The van der Waals surface area contributed by atoms with Crippen LogP contribution < -0.4 is 10.1 Å². The molecule has 0 spiro atoms. The second-order valence-corrected chi connectivity index (χ2v) is 8.23. The summed E-state index contributed by atoms with van der Waals surface area (Å²) in [6.45, 7) is 2.48. The third kappa shape index (κ3) is 5.74. The zero-order valence-electron chi connectivity index (χ0n) is 13.4. The van der Waals surface area contributed by atoms with E-state index in [9.17, 15) is 10.1 Å². The Kier molecular flexibility index (Phi) is 8.01. The average Bonchev–Trinajstić information content (AvgIpc) is 2.55. The highest BCUT2D eigenvalue weighted by atomic mass is 127. The maximum absolute atomic E-state index is 12.4. The summed E-state index contributed by atoms with van der Waals surface area (Å²) in [5, 5.41) is 12.8. The number of nitrogens with one attached hydrogen (secondary N) is 1. The molecule has 2 aromatic carbocycles. The van der Waals surface area contributed by atoms with Crippen LogP contribution in [0.3, 0.4) is 0 Å². The van der Waals surface area contributed by atoms with Gasteiger partial charge in [0.05, 0.1) is 13.7 Å². The first-order valence-corrected chi connectivity index (χ1v) is 10.3. The molecule has 0 radical (unpaired) electrons. The van der Waals surface area contributed by atoms with Gasteiger partial charge in [-0.3, -0.25) is 4.79 Å². The lowest BCUT2D eigenvalue weighted by atomic mass is 10.1. The van der Waals surface area contributed by atoms with Gasteiger partial charge >= 0.3 is 0 Å². The van der Waals surface area contributed by atoms with E-state index in [0.717, 1.165) is 18.5 Å². The van der Waals surface area contributed by atoms with Crippen molar-refractivity contribution in [3.8, 4) is 11.8 Å². The van der Waals surface area contributed by atoms with E-state index in [1.54, 1.807) is 18.2 Å². The Balaban J connectivity index is 2.29. The van der Waals surface area contributed by atoms with Crippen molar-refractivity contribution in [3.05, 3.63) is 58.7 Å². The lowest BCUT2D eigenvalue weighted by Gasteiger charge is -2.10. The Morgan fingerprint density at radius 3 is 2.27 bits per heavy atom. The van der Waals surface area contributed by atoms with Gasteiger partial charge in [-0.1, -0.05) is 23.2 Å². The monoisotopic (exact) mass is 612 g/mol. The largest absolute Gasteiger partial charge is 0.492 e. The molecule has 134 valence electrons. The van der Waals surface area contributed by atoms with Crippen LogP contribution in [-0.2, 0) is 4.79 Å². The van der Waals surface area contributed by atoms with Crippen LogP contribution in [0.1, 0.15) is 12.5 Å². The SMILES string of the molecule is CCOc1c(I)cc(/C=C(\C#N)C(=O)Nc2cc(Cl)cc(Cl)c2)cc1I. The maximum atomic E-state index is 12.4. The van der Waals surface area contributed by atoms with E-state index in [0.29, 0.717) is 22.3 Å². The third-order valence-electron chi connectivity index (χ3n) is 3.11. The molecule has 1 amide bonds. The molecule has 0 bridgehead atoms. The number of halogens is 4. The standard InChI is InChI=1S/C18H12Cl2I2N2O2/c1-2-26-17-15(21)4-10(5-16(17)22)3-11(9-23)18(25)24-14-7-12(19)6-13(20)8-14/h3-8H,2H2,1H3,(H,24,25)/b11-3+. The number of nitrogens with zero attached hydrogens (tertiary/aromatic N) is 1. The molecule has 0 aliphatic heterocycles. The van der Waals surface area contributed by atoms with Gasteiger partial charge in [-0.15, -0.1) is 0 Å². The zero-order chi connectivity index (χ0) is 19.3. The molecule has 0 heterocycles. The number of hydrogen-bond donors (Lipinski definition) is 1. The number of carbonyl (C=O) groups is 1. The van der Waals surface area contributed by atoms with E-state index < -0.39 is 5.91 Å². The number of amides is 1. The number of rotatable bonds is 5. The van der Waals surface area contributed by atoms with Crippen LogP contribution >= 0.6 is 68.4 Å². The minimum atomic E-state index is -0.537. The van der Waals surface area contributed by atoms with Gasteiger partial charge in [0.2, 0.25) is 0 Å². The average molecular weight is 613 g/mol. The molecule has 0 aliphatic carbocycles. The molecule has 0 saturated heterocycles. The molecule has 0 aromatic heterocycles. The summed E-state index contributed by atoms with van der Waals surface area (Å²) in [5.41, 5.74) is 1.12. The fraction of sp³-hybridized carbons (Fsp3) is 0.111. The molecule has 0 unspecified atom stereocenters. The number of anilines is 1. The molecule has 2 rings (SSSR count). The maximum Gasteiger partial charge on any atom is 0.266 e. The van der Waals surface area contributed by atoms with Crippen molar-refractivity contribution < 1.29 is 9.53 Å². The van der Waals surface area contributed by atoms with Crippen LogP contribution in [0.5, 0.6) is 5.75 Å². The van der Waals surface area contributed by atoms with Gasteiger partial charge < -0.3 is 10.1 Å². The highest BCUT2D eigenvalue weighted by Crippen LogP contribution is 2.30. The Morgan fingerprint density at radius 1 is 1.19 bits per heavy atom. The quantitative estimate of drug-likeness (QED) is 0.250. The number of carbonyl (C=O) groups excluding carboxylic acids is 1. The summed E-state index contributed by atoms with van der Waals surface area (Å²) in [6, 6.07) is 10.3. The molecule has 1 N–H and O–H groups in total. The Hall–Kier alpha value is -1.02. The first-order chi connectivity index (χ1) is 12.3. The van der Waals surface area contributed by atoms with Gasteiger partial charge in [0.15, 0.2) is 0 Å². The summed E-state index contributed by atoms with van der Waals surface area (Å²) in [4.78, 5) is 12.4. The van der Waals surface area contributed by atoms with Crippen molar-refractivity contribution in [1.29, 1.82) is 5.26 Å². The van der Waals surface area contributed by atoms with Crippen LogP contribution in [0.25, 0.3) is 6.08 Å². The summed E-state index contributed by atoms with van der Waals surface area (Å²) in [7, 11) is 0.